The van der Waals surface area contributed by atoms with E-state index in [1.165, 1.54) is 25.7 Å². The molecule has 1 rings (SSSR count). The van der Waals surface area contributed by atoms with Gasteiger partial charge in [0.25, 0.3) is 0 Å². The first kappa shape index (κ1) is 43.1. The summed E-state index contributed by atoms with van der Waals surface area (Å²) >= 11 is 0. The number of ether oxygens (including phenoxy) is 1. The Morgan fingerprint density at radius 3 is 1.35 bits per heavy atom. The Morgan fingerprint density at radius 2 is 1.16 bits per heavy atom. The van der Waals surface area contributed by atoms with Gasteiger partial charge in [-0.1, -0.05) is 93.8 Å². The highest BCUT2D eigenvalue weighted by Gasteiger charge is 2.42. The van der Waals surface area contributed by atoms with Gasteiger partial charge in [-0.25, -0.2) is 0 Å². The van der Waals surface area contributed by atoms with E-state index in [0.29, 0.717) is 5.54 Å². The van der Waals surface area contributed by atoms with E-state index in [9.17, 15) is 9.59 Å². The molecule has 3 atom stereocenters. The number of hydrogen-bond acceptors (Lipinski definition) is 4. The fourth-order valence-corrected chi connectivity index (χ4v) is 7.34. The molecule has 0 aromatic rings. The summed E-state index contributed by atoms with van der Waals surface area (Å²) in [6.07, 6.45) is 7.42. The van der Waals surface area contributed by atoms with E-state index >= 15 is 0 Å². The number of carbonyl (C=O) groups excluding carboxylic acids is 2. The predicted molar refractivity (Wildman–Crippen MR) is 171 cm³/mol. The standard InChI is InChI=1S/C15H30O4Si2.2C6H14.2C2H4/c1-8-12(19-21(5,6)7)13(20(2,3)4)9-11-10-14(16)18-15(11)17;2*1-4-6(3)5-2;2*1-2/h11-13H,8-10H2,1-7H3;2*6H,4-5H2,1-3H3;2*1-2H2. The van der Waals surface area contributed by atoms with Gasteiger partial charge in [-0.05, 0) is 49.9 Å². The van der Waals surface area contributed by atoms with Crippen molar-refractivity contribution in [2.75, 3.05) is 0 Å². The van der Waals surface area contributed by atoms with Crippen molar-refractivity contribution in [1.82, 2.24) is 0 Å². The molecule has 6 heteroatoms. The highest BCUT2D eigenvalue weighted by molar-refractivity contribution is 6.78. The van der Waals surface area contributed by atoms with Crippen LogP contribution in [0.5, 0.6) is 0 Å². The summed E-state index contributed by atoms with van der Waals surface area (Å²) in [5, 5.41) is 0. The van der Waals surface area contributed by atoms with Gasteiger partial charge in [0.1, 0.15) is 0 Å². The smallest absolute Gasteiger partial charge is 0.317 e. The first-order valence-corrected chi connectivity index (χ1v) is 21.5. The lowest BCUT2D eigenvalue weighted by Crippen LogP contribution is -2.43. The van der Waals surface area contributed by atoms with Crippen LogP contribution < -0.4 is 0 Å². The van der Waals surface area contributed by atoms with Gasteiger partial charge in [-0.2, -0.15) is 0 Å². The molecule has 0 saturated carbocycles. The Labute approximate surface area is 235 Å². The summed E-state index contributed by atoms with van der Waals surface area (Å²) in [5.74, 6) is 0.883. The number of carbonyl (C=O) groups is 2. The summed E-state index contributed by atoms with van der Waals surface area (Å²) in [6, 6.07) is 0. The van der Waals surface area contributed by atoms with Gasteiger partial charge in [0.2, 0.25) is 0 Å². The first-order chi connectivity index (χ1) is 17.1. The highest BCUT2D eigenvalue weighted by Crippen LogP contribution is 2.39. The maximum Gasteiger partial charge on any atom is 0.317 e. The number of rotatable bonds is 11. The molecule has 0 amide bonds. The average Bonchev–Trinajstić information content (AvgIpc) is 3.18. The lowest BCUT2D eigenvalue weighted by Gasteiger charge is -2.39. The third kappa shape index (κ3) is 23.8. The topological polar surface area (TPSA) is 52.6 Å². The van der Waals surface area contributed by atoms with Crippen molar-refractivity contribution in [2.24, 2.45) is 17.8 Å². The van der Waals surface area contributed by atoms with E-state index < -0.39 is 16.4 Å². The molecule has 4 nitrogen and oxygen atoms in total. The molecular formula is C31H66O4Si2. The van der Waals surface area contributed by atoms with Gasteiger partial charge in [0, 0.05) is 6.10 Å². The molecule has 1 saturated heterocycles. The van der Waals surface area contributed by atoms with Gasteiger partial charge >= 0.3 is 11.9 Å². The van der Waals surface area contributed by atoms with E-state index in [-0.39, 0.29) is 30.4 Å². The molecule has 0 radical (unpaired) electrons. The van der Waals surface area contributed by atoms with Crippen molar-refractivity contribution >= 4 is 28.3 Å². The molecule has 3 unspecified atom stereocenters. The van der Waals surface area contributed by atoms with Crippen molar-refractivity contribution < 1.29 is 18.8 Å². The van der Waals surface area contributed by atoms with E-state index in [2.05, 4.69) is 114 Å². The van der Waals surface area contributed by atoms with Crippen LogP contribution in [-0.4, -0.2) is 34.4 Å². The lowest BCUT2D eigenvalue weighted by atomic mass is 9.98. The fourth-order valence-electron chi connectivity index (χ4n) is 3.55. The van der Waals surface area contributed by atoms with Crippen LogP contribution in [-0.2, 0) is 18.8 Å². The third-order valence-electron chi connectivity index (χ3n) is 6.76. The Hall–Kier alpha value is -0.986. The Balaban J connectivity index is -0.000000279. The maximum absolute atomic E-state index is 11.8. The van der Waals surface area contributed by atoms with Crippen LogP contribution in [0, 0.1) is 17.8 Å². The Kier molecular flexibility index (Phi) is 28.0. The quantitative estimate of drug-likeness (QED) is 0.109. The molecule has 0 bridgehead atoms. The highest BCUT2D eigenvalue weighted by atomic mass is 28.4. The summed E-state index contributed by atoms with van der Waals surface area (Å²) < 4.78 is 11.1. The second kappa shape index (κ2) is 24.1. The normalized spacial score (nSPS) is 16.6. The van der Waals surface area contributed by atoms with Gasteiger partial charge in [0.05, 0.1) is 20.4 Å². The van der Waals surface area contributed by atoms with Crippen molar-refractivity contribution in [3.8, 4) is 0 Å². The molecule has 0 spiro atoms. The zero-order valence-electron chi connectivity index (χ0n) is 27.3. The zero-order valence-corrected chi connectivity index (χ0v) is 29.3. The van der Waals surface area contributed by atoms with Crippen LogP contribution in [0.3, 0.4) is 0 Å². The first-order valence-electron chi connectivity index (χ1n) is 14.5. The largest absolute Gasteiger partial charge is 0.415 e. The molecular weight excluding hydrogens is 493 g/mol. The molecule has 0 N–H and O–H groups in total. The van der Waals surface area contributed by atoms with E-state index in [4.69, 9.17) is 9.16 Å². The summed E-state index contributed by atoms with van der Waals surface area (Å²) in [6.45, 7) is 41.2. The lowest BCUT2D eigenvalue weighted by molar-refractivity contribution is -0.153. The van der Waals surface area contributed by atoms with Crippen LogP contribution in [0.2, 0.25) is 44.8 Å². The van der Waals surface area contributed by atoms with Crippen molar-refractivity contribution in [1.29, 1.82) is 0 Å². The average molecular weight is 559 g/mol. The molecule has 0 aliphatic carbocycles. The van der Waals surface area contributed by atoms with Crippen LogP contribution in [0.1, 0.15) is 93.4 Å². The number of hydrogen-bond donors (Lipinski definition) is 0. The molecule has 1 heterocycles. The minimum Gasteiger partial charge on any atom is -0.415 e. The van der Waals surface area contributed by atoms with Crippen LogP contribution >= 0.6 is 0 Å². The third-order valence-corrected chi connectivity index (χ3v) is 10.6. The van der Waals surface area contributed by atoms with Crippen LogP contribution in [0.25, 0.3) is 0 Å². The SMILES string of the molecule is C=C.C=C.CCC(C)CC.CCC(C)CC.CCC(O[Si](C)(C)C)C(CC1CC(=O)OC1=O)[Si](C)(C)C. The molecule has 222 valence electrons. The van der Waals surface area contributed by atoms with Crippen LogP contribution in [0.15, 0.2) is 26.3 Å². The molecule has 37 heavy (non-hydrogen) atoms. The van der Waals surface area contributed by atoms with Gasteiger partial charge < -0.3 is 9.16 Å². The van der Waals surface area contributed by atoms with Gasteiger partial charge in [-0.15, -0.1) is 26.3 Å². The fraction of sp³-hybridized carbons (Fsp3) is 0.806. The minimum absolute atomic E-state index is 0.187. The number of esters is 2. The Bertz CT molecular complexity index is 547. The summed E-state index contributed by atoms with van der Waals surface area (Å²) in [7, 11) is -3.14. The van der Waals surface area contributed by atoms with E-state index in [1.54, 1.807) is 0 Å². The summed E-state index contributed by atoms with van der Waals surface area (Å²) in [4.78, 5) is 23.1. The second-order valence-electron chi connectivity index (χ2n) is 11.9. The Morgan fingerprint density at radius 1 is 0.784 bits per heavy atom. The van der Waals surface area contributed by atoms with Crippen molar-refractivity contribution in [3.63, 3.8) is 0 Å². The molecule has 0 aromatic carbocycles. The zero-order chi connectivity index (χ0) is 30.4. The monoisotopic (exact) mass is 558 g/mol. The van der Waals surface area contributed by atoms with E-state index in [0.717, 1.165) is 24.7 Å². The number of cyclic esters (lactones) is 2. The predicted octanol–water partition coefficient (Wildman–Crippen LogP) is 10.3. The maximum atomic E-state index is 11.8. The molecule has 1 aliphatic heterocycles. The van der Waals surface area contributed by atoms with Gasteiger partial charge in [0.15, 0.2) is 8.32 Å². The van der Waals surface area contributed by atoms with Crippen molar-refractivity contribution in [2.45, 2.75) is 144 Å². The van der Waals surface area contributed by atoms with Crippen molar-refractivity contribution in [3.05, 3.63) is 26.3 Å². The molecule has 1 fully saturated rings. The molecule has 1 aliphatic rings. The second-order valence-corrected chi connectivity index (χ2v) is 21.9. The van der Waals surface area contributed by atoms with E-state index in [1.807, 2.05) is 0 Å². The minimum atomic E-state index is -1.63. The van der Waals surface area contributed by atoms with Gasteiger partial charge in [-0.3, -0.25) is 9.59 Å². The van der Waals surface area contributed by atoms with Crippen LogP contribution in [0.4, 0.5) is 0 Å². The summed E-state index contributed by atoms with van der Waals surface area (Å²) in [5.41, 5.74) is 0.373. The molecule has 0 aromatic heterocycles.